The van der Waals surface area contributed by atoms with Crippen molar-refractivity contribution >= 4 is 7.83 Å². The minimum atomic E-state index is -1.00. The number of hydrogen-bond acceptors (Lipinski definition) is 0. The molecule has 0 aromatic carbocycles. The van der Waals surface area contributed by atoms with Crippen LogP contribution in [0, 0.1) is 0 Å². The minimum Gasteiger partial charge on any atom is -0.289 e. The molecule has 0 spiro atoms. The SMILES string of the molecule is F[B]F.[Co]. The van der Waals surface area contributed by atoms with Crippen molar-refractivity contribution in [3.05, 3.63) is 0 Å². The van der Waals surface area contributed by atoms with E-state index in [4.69, 9.17) is 0 Å². The Morgan fingerprint density at radius 1 is 1.25 bits per heavy atom. The molecule has 0 fully saturated rings. The first-order valence-electron chi connectivity index (χ1n) is 0.436. The zero-order valence-corrected chi connectivity index (χ0v) is 2.71. The molecule has 0 unspecified atom stereocenters. The number of rotatable bonds is 0. The average molecular weight is 108 g/mol. The quantitative estimate of drug-likeness (QED) is 0.395. The van der Waals surface area contributed by atoms with Gasteiger partial charge in [0.15, 0.2) is 0 Å². The third-order valence-electron chi connectivity index (χ3n) is 0. The molecule has 0 aromatic rings. The van der Waals surface area contributed by atoms with E-state index in [1.54, 1.807) is 0 Å². The summed E-state index contributed by atoms with van der Waals surface area (Å²) in [7, 11) is -1.00. The van der Waals surface area contributed by atoms with Crippen LogP contribution in [-0.2, 0) is 16.8 Å². The Balaban J connectivity index is 0. The fourth-order valence-corrected chi connectivity index (χ4v) is 0. The summed E-state index contributed by atoms with van der Waals surface area (Å²) in [5, 5.41) is 0. The summed E-state index contributed by atoms with van der Waals surface area (Å²) in [6, 6.07) is 0. The summed E-state index contributed by atoms with van der Waals surface area (Å²) in [6.45, 7) is 0. The zero-order chi connectivity index (χ0) is 2.71. The second-order valence-corrected chi connectivity index (χ2v) is 0.0825. The molecule has 2 radical (unpaired) electrons. The number of hydrogen-bond donors (Lipinski definition) is 0. The van der Waals surface area contributed by atoms with E-state index in [1.165, 1.54) is 0 Å². The van der Waals surface area contributed by atoms with Crippen molar-refractivity contribution in [3.8, 4) is 0 Å². The van der Waals surface area contributed by atoms with Crippen LogP contribution in [0.3, 0.4) is 0 Å². The third kappa shape index (κ3) is 26.8. The topological polar surface area (TPSA) is 0 Å². The van der Waals surface area contributed by atoms with E-state index in [2.05, 4.69) is 0 Å². The first-order valence-corrected chi connectivity index (χ1v) is 0.436. The summed E-state index contributed by atoms with van der Waals surface area (Å²) >= 11 is 0. The molecule has 4 heteroatoms. The Labute approximate surface area is 34.1 Å². The summed E-state index contributed by atoms with van der Waals surface area (Å²) in [4.78, 5) is 0. The van der Waals surface area contributed by atoms with Crippen molar-refractivity contribution < 1.29 is 25.4 Å². The van der Waals surface area contributed by atoms with E-state index in [0.717, 1.165) is 0 Å². The summed E-state index contributed by atoms with van der Waals surface area (Å²) in [5.41, 5.74) is 0. The largest absolute Gasteiger partial charge is 0.577 e. The molecular weight excluding hydrogens is 108 g/mol. The predicted molar refractivity (Wildman–Crippen MR) is 7.97 cm³/mol. The number of halogens is 2. The molecule has 0 bridgehead atoms. The van der Waals surface area contributed by atoms with Gasteiger partial charge in [-0.15, -0.1) is 0 Å². The fourth-order valence-electron chi connectivity index (χ4n) is 0. The molecule has 0 aromatic heterocycles. The maximum Gasteiger partial charge on any atom is 0.577 e. The smallest absolute Gasteiger partial charge is 0.289 e. The third-order valence-corrected chi connectivity index (χ3v) is 0. The molecule has 0 aliphatic rings. The Kier molecular flexibility index (Phi) is 21.8. The van der Waals surface area contributed by atoms with Gasteiger partial charge in [0, 0.05) is 16.8 Å². The van der Waals surface area contributed by atoms with Crippen molar-refractivity contribution in [1.82, 2.24) is 0 Å². The maximum atomic E-state index is 9.50. The van der Waals surface area contributed by atoms with Gasteiger partial charge in [0.05, 0.1) is 0 Å². The van der Waals surface area contributed by atoms with E-state index >= 15 is 0 Å². The Hall–Kier alpha value is 0.431. The van der Waals surface area contributed by atoms with Crippen LogP contribution in [0.5, 0.6) is 0 Å². The molecule has 0 saturated carbocycles. The van der Waals surface area contributed by atoms with Crippen LogP contribution in [0.2, 0.25) is 0 Å². The minimum absolute atomic E-state index is 0. The molecule has 0 aliphatic carbocycles. The monoisotopic (exact) mass is 108 g/mol. The second-order valence-electron chi connectivity index (χ2n) is 0.0825. The van der Waals surface area contributed by atoms with Gasteiger partial charge in [-0.3, -0.25) is 8.63 Å². The fraction of sp³-hybridized carbons (Fsp3) is 0. The standard InChI is InChI=1S/BF2.Co/c2-1-3;. The first kappa shape index (κ1) is 8.83. The molecule has 4 heavy (non-hydrogen) atoms. The van der Waals surface area contributed by atoms with E-state index in [1.807, 2.05) is 0 Å². The summed E-state index contributed by atoms with van der Waals surface area (Å²) in [5.74, 6) is 0. The van der Waals surface area contributed by atoms with Gasteiger partial charge in [-0.2, -0.15) is 0 Å². The Bertz CT molecular complexity index is 6.00. The van der Waals surface area contributed by atoms with Crippen LogP contribution in [0.25, 0.3) is 0 Å². The molecule has 0 atom stereocenters. The molecular formula is BCoF2. The molecule has 0 rings (SSSR count). The van der Waals surface area contributed by atoms with Gasteiger partial charge in [-0.05, 0) is 0 Å². The van der Waals surface area contributed by atoms with E-state index in [0.29, 0.717) is 0 Å². The molecule has 0 heterocycles. The molecule has 0 N–H and O–H groups in total. The van der Waals surface area contributed by atoms with Crippen LogP contribution >= 0.6 is 0 Å². The Morgan fingerprint density at radius 2 is 1.25 bits per heavy atom. The van der Waals surface area contributed by atoms with Crippen LogP contribution in [0.15, 0.2) is 0 Å². The van der Waals surface area contributed by atoms with Crippen LogP contribution in [0.4, 0.5) is 8.63 Å². The van der Waals surface area contributed by atoms with Crippen LogP contribution in [0.1, 0.15) is 0 Å². The van der Waals surface area contributed by atoms with Crippen molar-refractivity contribution in [2.24, 2.45) is 0 Å². The van der Waals surface area contributed by atoms with E-state index < -0.39 is 7.83 Å². The van der Waals surface area contributed by atoms with Gasteiger partial charge in [0.2, 0.25) is 0 Å². The van der Waals surface area contributed by atoms with E-state index in [9.17, 15) is 8.63 Å². The van der Waals surface area contributed by atoms with Gasteiger partial charge in [0.25, 0.3) is 0 Å². The van der Waals surface area contributed by atoms with Crippen LogP contribution < -0.4 is 0 Å². The molecule has 0 nitrogen and oxygen atoms in total. The van der Waals surface area contributed by atoms with Crippen LogP contribution in [-0.4, -0.2) is 7.83 Å². The Morgan fingerprint density at radius 3 is 1.25 bits per heavy atom. The molecule has 0 saturated heterocycles. The molecule has 0 amide bonds. The average Bonchev–Trinajstić information content (AvgIpc) is 0.918. The zero-order valence-electron chi connectivity index (χ0n) is 1.67. The van der Waals surface area contributed by atoms with Crippen molar-refractivity contribution in [3.63, 3.8) is 0 Å². The predicted octanol–water partition coefficient (Wildman–Crippen LogP) is 0.457. The second kappa shape index (κ2) is 9.90. The summed E-state index contributed by atoms with van der Waals surface area (Å²) < 4.78 is 19.0. The van der Waals surface area contributed by atoms with Crippen molar-refractivity contribution in [1.29, 1.82) is 0 Å². The van der Waals surface area contributed by atoms with E-state index in [-0.39, 0.29) is 16.8 Å². The van der Waals surface area contributed by atoms with Gasteiger partial charge >= 0.3 is 7.83 Å². The molecule has 26 valence electrons. The van der Waals surface area contributed by atoms with Gasteiger partial charge in [-0.25, -0.2) is 0 Å². The first-order chi connectivity index (χ1) is 1.41. The normalized spacial score (nSPS) is 3.50. The maximum absolute atomic E-state index is 9.50. The van der Waals surface area contributed by atoms with Crippen molar-refractivity contribution in [2.45, 2.75) is 0 Å². The van der Waals surface area contributed by atoms with Gasteiger partial charge in [0.1, 0.15) is 0 Å². The summed E-state index contributed by atoms with van der Waals surface area (Å²) in [6.07, 6.45) is 0. The molecule has 0 aliphatic heterocycles. The van der Waals surface area contributed by atoms with Gasteiger partial charge in [-0.1, -0.05) is 0 Å². The van der Waals surface area contributed by atoms with Crippen molar-refractivity contribution in [2.75, 3.05) is 0 Å². The van der Waals surface area contributed by atoms with Gasteiger partial charge < -0.3 is 0 Å².